The van der Waals surface area contributed by atoms with Crippen LogP contribution in [0.25, 0.3) is 0 Å². The van der Waals surface area contributed by atoms with Crippen LogP contribution >= 0.6 is 11.3 Å². The Balaban J connectivity index is 1.89. The summed E-state index contributed by atoms with van der Waals surface area (Å²) in [5.74, 6) is 0. The van der Waals surface area contributed by atoms with Crippen LogP contribution in [0.2, 0.25) is 0 Å². The van der Waals surface area contributed by atoms with Crippen molar-refractivity contribution in [3.05, 3.63) is 52.5 Å². The minimum Gasteiger partial charge on any atom is -0.388 e. The van der Waals surface area contributed by atoms with Crippen LogP contribution < -0.4 is 0 Å². The maximum absolute atomic E-state index is 9.86. The highest BCUT2D eigenvalue weighted by molar-refractivity contribution is 7.07. The third kappa shape index (κ3) is 2.88. The van der Waals surface area contributed by atoms with E-state index in [9.17, 15) is 5.11 Å². The highest BCUT2D eigenvalue weighted by atomic mass is 32.1. The minimum absolute atomic E-state index is 0.343. The molecule has 0 saturated carbocycles. The van der Waals surface area contributed by atoms with E-state index in [2.05, 4.69) is 4.98 Å². The zero-order valence-electron chi connectivity index (χ0n) is 8.34. The maximum atomic E-state index is 9.86. The monoisotopic (exact) mass is 219 g/mol. The second kappa shape index (κ2) is 5.05. The second-order valence-electron chi connectivity index (χ2n) is 3.47. The Hall–Kier alpha value is -1.19. The molecule has 15 heavy (non-hydrogen) atoms. The third-order valence-corrected chi connectivity index (χ3v) is 3.09. The van der Waals surface area contributed by atoms with Gasteiger partial charge < -0.3 is 5.11 Å². The number of rotatable bonds is 4. The Kier molecular flexibility index (Phi) is 3.48. The first-order chi connectivity index (χ1) is 7.36. The highest BCUT2D eigenvalue weighted by Crippen LogP contribution is 2.20. The van der Waals surface area contributed by atoms with E-state index < -0.39 is 0 Å². The lowest BCUT2D eigenvalue weighted by atomic mass is 10.0. The van der Waals surface area contributed by atoms with Gasteiger partial charge in [0.1, 0.15) is 0 Å². The zero-order valence-corrected chi connectivity index (χ0v) is 9.15. The Morgan fingerprint density at radius 1 is 1.27 bits per heavy atom. The lowest BCUT2D eigenvalue weighted by Crippen LogP contribution is -1.98. The van der Waals surface area contributed by atoms with Crippen LogP contribution in [0, 0.1) is 0 Å². The summed E-state index contributed by atoms with van der Waals surface area (Å²) in [6.45, 7) is 0. The summed E-state index contributed by atoms with van der Waals surface area (Å²) in [5.41, 5.74) is 2.24. The molecule has 0 radical (unpaired) electrons. The van der Waals surface area contributed by atoms with Crippen LogP contribution in [0.5, 0.6) is 0 Å². The van der Waals surface area contributed by atoms with Gasteiger partial charge in [-0.2, -0.15) is 11.3 Å². The van der Waals surface area contributed by atoms with Crippen molar-refractivity contribution >= 4 is 11.3 Å². The first-order valence-corrected chi connectivity index (χ1v) is 5.89. The Bertz CT molecular complexity index is 385. The molecule has 2 aromatic heterocycles. The van der Waals surface area contributed by atoms with Crippen molar-refractivity contribution < 1.29 is 5.11 Å². The smallest absolute Gasteiger partial charge is 0.0801 e. The number of hydrogen-bond acceptors (Lipinski definition) is 3. The van der Waals surface area contributed by atoms with Gasteiger partial charge in [0, 0.05) is 12.4 Å². The number of aromatic nitrogens is 1. The van der Waals surface area contributed by atoms with Gasteiger partial charge in [0.15, 0.2) is 0 Å². The lowest BCUT2D eigenvalue weighted by Gasteiger charge is -2.08. The molecule has 0 aliphatic heterocycles. The topological polar surface area (TPSA) is 33.1 Å². The predicted octanol–water partition coefficient (Wildman–Crippen LogP) is 2.81. The number of aliphatic hydroxyl groups is 1. The lowest BCUT2D eigenvalue weighted by molar-refractivity contribution is 0.168. The van der Waals surface area contributed by atoms with Crippen LogP contribution in [0.3, 0.4) is 0 Å². The van der Waals surface area contributed by atoms with Crippen molar-refractivity contribution in [3.63, 3.8) is 0 Å². The van der Waals surface area contributed by atoms with Crippen molar-refractivity contribution in [1.29, 1.82) is 0 Å². The number of aryl methyl sites for hydroxylation is 1. The highest BCUT2D eigenvalue weighted by Gasteiger charge is 2.07. The average Bonchev–Trinajstić information content (AvgIpc) is 2.81. The van der Waals surface area contributed by atoms with E-state index in [1.807, 2.05) is 29.0 Å². The molecule has 0 amide bonds. The van der Waals surface area contributed by atoms with Gasteiger partial charge in [-0.1, -0.05) is 0 Å². The summed E-state index contributed by atoms with van der Waals surface area (Å²) in [6, 6.07) is 5.95. The molecule has 0 aliphatic carbocycles. The van der Waals surface area contributed by atoms with E-state index in [-0.39, 0.29) is 6.10 Å². The van der Waals surface area contributed by atoms with E-state index in [0.717, 1.165) is 18.4 Å². The van der Waals surface area contributed by atoms with Crippen LogP contribution in [0.1, 0.15) is 23.7 Å². The molecule has 0 spiro atoms. The fraction of sp³-hybridized carbons (Fsp3) is 0.250. The van der Waals surface area contributed by atoms with Gasteiger partial charge in [-0.3, -0.25) is 4.98 Å². The average molecular weight is 219 g/mol. The van der Waals surface area contributed by atoms with Crippen LogP contribution in [-0.4, -0.2) is 10.1 Å². The van der Waals surface area contributed by atoms with Gasteiger partial charge in [0.05, 0.1) is 6.10 Å². The summed E-state index contributed by atoms with van der Waals surface area (Å²) in [6.07, 6.45) is 4.88. The summed E-state index contributed by atoms with van der Waals surface area (Å²) < 4.78 is 0. The summed E-state index contributed by atoms with van der Waals surface area (Å²) in [5, 5.41) is 13.9. The number of hydrogen-bond donors (Lipinski definition) is 1. The van der Waals surface area contributed by atoms with Crippen molar-refractivity contribution in [2.75, 3.05) is 0 Å². The van der Waals surface area contributed by atoms with Gasteiger partial charge in [-0.15, -0.1) is 0 Å². The Morgan fingerprint density at radius 2 is 2.07 bits per heavy atom. The van der Waals surface area contributed by atoms with E-state index in [4.69, 9.17) is 0 Å². The predicted molar refractivity (Wildman–Crippen MR) is 61.8 cm³/mol. The first kappa shape index (κ1) is 10.3. The van der Waals surface area contributed by atoms with E-state index in [1.54, 1.807) is 23.7 Å². The van der Waals surface area contributed by atoms with Gasteiger partial charge >= 0.3 is 0 Å². The van der Waals surface area contributed by atoms with Gasteiger partial charge in [0.2, 0.25) is 0 Å². The molecule has 0 bridgehead atoms. The molecule has 78 valence electrons. The van der Waals surface area contributed by atoms with Crippen LogP contribution in [0.15, 0.2) is 41.4 Å². The molecule has 2 rings (SSSR count). The molecular formula is C12H13NOS. The fourth-order valence-electron chi connectivity index (χ4n) is 1.48. The van der Waals surface area contributed by atoms with Crippen molar-refractivity contribution in [1.82, 2.24) is 4.98 Å². The van der Waals surface area contributed by atoms with E-state index >= 15 is 0 Å². The van der Waals surface area contributed by atoms with Gasteiger partial charge in [-0.05, 0) is 52.9 Å². The molecule has 2 nitrogen and oxygen atoms in total. The van der Waals surface area contributed by atoms with Gasteiger partial charge in [-0.25, -0.2) is 0 Å². The van der Waals surface area contributed by atoms with E-state index in [1.165, 1.54) is 5.56 Å². The maximum Gasteiger partial charge on any atom is 0.0801 e. The van der Waals surface area contributed by atoms with Crippen molar-refractivity contribution in [3.8, 4) is 0 Å². The molecule has 2 aromatic rings. The molecule has 1 N–H and O–H groups in total. The molecule has 0 aliphatic rings. The molecule has 3 heteroatoms. The number of nitrogens with zero attached hydrogens (tertiary/aromatic N) is 1. The standard InChI is InChI=1S/C12H13NOS/c14-12(11-5-8-15-9-11)2-1-10-3-6-13-7-4-10/h3-9,12,14H,1-2H2. The quantitative estimate of drug-likeness (QED) is 0.857. The number of thiophene rings is 1. The Morgan fingerprint density at radius 3 is 2.73 bits per heavy atom. The van der Waals surface area contributed by atoms with Crippen LogP contribution in [-0.2, 0) is 6.42 Å². The molecule has 0 aromatic carbocycles. The summed E-state index contributed by atoms with van der Waals surface area (Å²) in [4.78, 5) is 3.96. The third-order valence-electron chi connectivity index (χ3n) is 2.38. The molecular weight excluding hydrogens is 206 g/mol. The number of aliphatic hydroxyl groups excluding tert-OH is 1. The minimum atomic E-state index is -0.343. The van der Waals surface area contributed by atoms with Crippen molar-refractivity contribution in [2.24, 2.45) is 0 Å². The second-order valence-corrected chi connectivity index (χ2v) is 4.25. The van der Waals surface area contributed by atoms with Gasteiger partial charge in [0.25, 0.3) is 0 Å². The fourth-order valence-corrected chi connectivity index (χ4v) is 2.19. The first-order valence-electron chi connectivity index (χ1n) is 4.95. The van der Waals surface area contributed by atoms with Crippen molar-refractivity contribution in [2.45, 2.75) is 18.9 Å². The largest absolute Gasteiger partial charge is 0.388 e. The Labute approximate surface area is 93.2 Å². The molecule has 1 unspecified atom stereocenters. The normalized spacial score (nSPS) is 12.6. The SMILES string of the molecule is OC(CCc1ccncc1)c1ccsc1. The molecule has 2 heterocycles. The summed E-state index contributed by atoms with van der Waals surface area (Å²) >= 11 is 1.62. The molecule has 1 atom stereocenters. The summed E-state index contributed by atoms with van der Waals surface area (Å²) in [7, 11) is 0. The van der Waals surface area contributed by atoms with E-state index in [0.29, 0.717) is 0 Å². The molecule has 0 saturated heterocycles. The zero-order chi connectivity index (χ0) is 10.5. The number of pyridine rings is 1. The molecule has 0 fully saturated rings. The van der Waals surface area contributed by atoms with Crippen LogP contribution in [0.4, 0.5) is 0 Å².